The first-order chi connectivity index (χ1) is 10.2. The number of carbonyl (C=O) groups is 1. The number of hydrogen-bond acceptors (Lipinski definition) is 3. The van der Waals surface area contributed by atoms with E-state index in [1.807, 2.05) is 12.1 Å². The molecule has 1 aliphatic rings. The summed E-state index contributed by atoms with van der Waals surface area (Å²) in [7, 11) is 0. The Balaban J connectivity index is 1.85. The molecule has 0 aliphatic heterocycles. The van der Waals surface area contributed by atoms with Gasteiger partial charge in [0.1, 0.15) is 5.03 Å². The minimum atomic E-state index is 0.0247. The Morgan fingerprint density at radius 3 is 2.67 bits per heavy atom. The summed E-state index contributed by atoms with van der Waals surface area (Å²) in [4.78, 5) is 16.6. The quantitative estimate of drug-likeness (QED) is 0.803. The van der Waals surface area contributed by atoms with Crippen LogP contribution in [-0.2, 0) is 0 Å². The summed E-state index contributed by atoms with van der Waals surface area (Å²) in [6.45, 7) is 5.16. The number of nitrogens with zero attached hydrogens (tertiary/aromatic N) is 1. The molecule has 0 aromatic carbocycles. The molecule has 1 amide bonds. The first-order valence-electron chi connectivity index (χ1n) is 8.10. The van der Waals surface area contributed by atoms with Crippen molar-refractivity contribution in [2.24, 2.45) is 11.8 Å². The maximum Gasteiger partial charge on any atom is 0.254 e. The molecule has 4 heteroatoms. The van der Waals surface area contributed by atoms with Gasteiger partial charge in [0.15, 0.2) is 0 Å². The summed E-state index contributed by atoms with van der Waals surface area (Å²) in [6.07, 6.45) is 8.19. The van der Waals surface area contributed by atoms with Gasteiger partial charge >= 0.3 is 0 Å². The van der Waals surface area contributed by atoms with Crippen molar-refractivity contribution in [1.82, 2.24) is 10.3 Å². The lowest BCUT2D eigenvalue weighted by Gasteiger charge is -2.27. The maximum atomic E-state index is 12.3. The van der Waals surface area contributed by atoms with Gasteiger partial charge in [0.2, 0.25) is 0 Å². The van der Waals surface area contributed by atoms with Gasteiger partial charge < -0.3 is 5.32 Å². The number of pyridine rings is 1. The number of aromatic nitrogens is 1. The summed E-state index contributed by atoms with van der Waals surface area (Å²) in [5.41, 5.74) is 0.714. The molecule has 0 bridgehead atoms. The van der Waals surface area contributed by atoms with Crippen LogP contribution in [0.2, 0.25) is 0 Å². The third-order valence-electron chi connectivity index (χ3n) is 4.39. The van der Waals surface area contributed by atoms with Crippen molar-refractivity contribution in [3.8, 4) is 0 Å². The van der Waals surface area contributed by atoms with E-state index >= 15 is 0 Å². The maximum absolute atomic E-state index is 12.3. The molecule has 1 fully saturated rings. The Kier molecular flexibility index (Phi) is 6.55. The van der Waals surface area contributed by atoms with Crippen LogP contribution < -0.4 is 5.32 Å². The second-order valence-electron chi connectivity index (χ2n) is 5.79. The molecule has 1 heterocycles. The lowest BCUT2D eigenvalue weighted by Crippen LogP contribution is -2.31. The zero-order chi connectivity index (χ0) is 15.1. The van der Waals surface area contributed by atoms with Gasteiger partial charge in [0.05, 0.1) is 5.56 Å². The highest BCUT2D eigenvalue weighted by atomic mass is 32.2. The van der Waals surface area contributed by atoms with E-state index in [0.717, 1.165) is 23.2 Å². The van der Waals surface area contributed by atoms with E-state index in [2.05, 4.69) is 24.1 Å². The van der Waals surface area contributed by atoms with E-state index in [-0.39, 0.29) is 5.91 Å². The largest absolute Gasteiger partial charge is 0.352 e. The molecular weight excluding hydrogens is 280 g/mol. The van der Waals surface area contributed by atoms with Crippen LogP contribution in [0.25, 0.3) is 0 Å². The Bertz CT molecular complexity index is 456. The fourth-order valence-electron chi connectivity index (χ4n) is 2.99. The van der Waals surface area contributed by atoms with Gasteiger partial charge in [0, 0.05) is 12.7 Å². The molecule has 2 rings (SSSR count). The van der Waals surface area contributed by atoms with Gasteiger partial charge in [-0.15, -0.1) is 11.8 Å². The smallest absolute Gasteiger partial charge is 0.254 e. The molecule has 0 unspecified atom stereocenters. The average molecular weight is 306 g/mol. The SMILES string of the molecule is CCSc1ncccc1C(=O)NCC1CCC(CC)CC1. The molecule has 116 valence electrons. The Labute approximate surface area is 132 Å². The number of hydrogen-bond donors (Lipinski definition) is 1. The van der Waals surface area contributed by atoms with Gasteiger partial charge in [-0.1, -0.05) is 33.1 Å². The lowest BCUT2D eigenvalue weighted by molar-refractivity contribution is 0.0937. The Morgan fingerprint density at radius 1 is 1.29 bits per heavy atom. The molecule has 1 aromatic heterocycles. The highest BCUT2D eigenvalue weighted by Crippen LogP contribution is 2.30. The van der Waals surface area contributed by atoms with Crippen LogP contribution in [0.15, 0.2) is 23.4 Å². The molecule has 1 N–H and O–H groups in total. The Hall–Kier alpha value is -1.03. The molecule has 21 heavy (non-hydrogen) atoms. The van der Waals surface area contributed by atoms with Crippen molar-refractivity contribution in [2.45, 2.75) is 51.0 Å². The van der Waals surface area contributed by atoms with Crippen molar-refractivity contribution in [2.75, 3.05) is 12.3 Å². The normalized spacial score (nSPS) is 22.0. The van der Waals surface area contributed by atoms with Crippen molar-refractivity contribution in [3.05, 3.63) is 23.9 Å². The van der Waals surface area contributed by atoms with Crippen molar-refractivity contribution in [1.29, 1.82) is 0 Å². The fourth-order valence-corrected chi connectivity index (χ4v) is 3.72. The number of rotatable bonds is 6. The molecule has 1 aliphatic carbocycles. The summed E-state index contributed by atoms with van der Waals surface area (Å²) in [6, 6.07) is 3.70. The van der Waals surface area contributed by atoms with E-state index in [1.165, 1.54) is 32.1 Å². The second kappa shape index (κ2) is 8.42. The number of nitrogens with one attached hydrogen (secondary N) is 1. The monoisotopic (exact) mass is 306 g/mol. The van der Waals surface area contributed by atoms with E-state index < -0.39 is 0 Å². The molecule has 0 radical (unpaired) electrons. The van der Waals surface area contributed by atoms with E-state index in [9.17, 15) is 4.79 Å². The predicted molar refractivity (Wildman–Crippen MR) is 88.7 cm³/mol. The zero-order valence-electron chi connectivity index (χ0n) is 13.1. The molecule has 1 saturated carbocycles. The zero-order valence-corrected chi connectivity index (χ0v) is 13.9. The van der Waals surface area contributed by atoms with Crippen LogP contribution in [0.4, 0.5) is 0 Å². The van der Waals surface area contributed by atoms with Crippen LogP contribution >= 0.6 is 11.8 Å². The van der Waals surface area contributed by atoms with Crippen molar-refractivity contribution >= 4 is 17.7 Å². The van der Waals surface area contributed by atoms with Crippen LogP contribution in [0.1, 0.15) is 56.3 Å². The number of thioether (sulfide) groups is 1. The standard InChI is InChI=1S/C17H26N2OS/c1-3-13-7-9-14(10-8-13)12-19-16(20)15-6-5-11-18-17(15)21-4-2/h5-6,11,13-14H,3-4,7-10,12H2,1-2H3,(H,19,20). The first-order valence-corrected chi connectivity index (χ1v) is 9.09. The predicted octanol–water partition coefficient (Wildman–Crippen LogP) is 4.14. The van der Waals surface area contributed by atoms with Gasteiger partial charge in [-0.3, -0.25) is 4.79 Å². The van der Waals surface area contributed by atoms with E-state index in [0.29, 0.717) is 11.5 Å². The molecule has 0 saturated heterocycles. The molecule has 0 atom stereocenters. The summed E-state index contributed by atoms with van der Waals surface area (Å²) in [5.74, 6) is 2.51. The fraction of sp³-hybridized carbons (Fsp3) is 0.647. The Morgan fingerprint density at radius 2 is 2.00 bits per heavy atom. The molecule has 1 aromatic rings. The summed E-state index contributed by atoms with van der Waals surface area (Å²) >= 11 is 1.62. The number of amides is 1. The topological polar surface area (TPSA) is 42.0 Å². The molecule has 3 nitrogen and oxygen atoms in total. The van der Waals surface area contributed by atoms with Crippen LogP contribution in [-0.4, -0.2) is 23.2 Å². The molecular formula is C17H26N2OS. The highest BCUT2D eigenvalue weighted by molar-refractivity contribution is 7.99. The summed E-state index contributed by atoms with van der Waals surface area (Å²) in [5, 5.41) is 3.95. The van der Waals surface area contributed by atoms with Gasteiger partial charge in [-0.2, -0.15) is 0 Å². The van der Waals surface area contributed by atoms with E-state index in [4.69, 9.17) is 0 Å². The van der Waals surface area contributed by atoms with Gasteiger partial charge in [-0.25, -0.2) is 4.98 Å². The van der Waals surface area contributed by atoms with Gasteiger partial charge in [-0.05, 0) is 42.6 Å². The van der Waals surface area contributed by atoms with Crippen molar-refractivity contribution in [3.63, 3.8) is 0 Å². The second-order valence-corrected chi connectivity index (χ2v) is 7.05. The first kappa shape index (κ1) is 16.3. The van der Waals surface area contributed by atoms with Crippen LogP contribution in [0.5, 0.6) is 0 Å². The average Bonchev–Trinajstić information content (AvgIpc) is 2.54. The lowest BCUT2D eigenvalue weighted by atomic mass is 9.81. The highest BCUT2D eigenvalue weighted by Gasteiger charge is 2.21. The van der Waals surface area contributed by atoms with Crippen LogP contribution in [0.3, 0.4) is 0 Å². The summed E-state index contributed by atoms with van der Waals surface area (Å²) < 4.78 is 0. The third kappa shape index (κ3) is 4.73. The number of carbonyl (C=O) groups excluding carboxylic acids is 1. The van der Waals surface area contributed by atoms with Crippen LogP contribution in [0, 0.1) is 11.8 Å². The molecule has 0 spiro atoms. The third-order valence-corrected chi connectivity index (χ3v) is 5.28. The minimum absolute atomic E-state index is 0.0247. The van der Waals surface area contributed by atoms with Crippen molar-refractivity contribution < 1.29 is 4.79 Å². The van der Waals surface area contributed by atoms with E-state index in [1.54, 1.807) is 18.0 Å². The van der Waals surface area contributed by atoms with Gasteiger partial charge in [0.25, 0.3) is 5.91 Å². The minimum Gasteiger partial charge on any atom is -0.352 e.